The highest BCUT2D eigenvalue weighted by molar-refractivity contribution is 7.89. The van der Waals surface area contributed by atoms with Gasteiger partial charge in [-0.2, -0.15) is 0 Å². The molecule has 2 rings (SSSR count). The summed E-state index contributed by atoms with van der Waals surface area (Å²) in [4.78, 5) is 12.4. The van der Waals surface area contributed by atoms with Gasteiger partial charge in [-0.15, -0.1) is 0 Å². The molecule has 25 heavy (non-hydrogen) atoms. The molecule has 0 bridgehead atoms. The van der Waals surface area contributed by atoms with Crippen molar-refractivity contribution in [3.63, 3.8) is 0 Å². The van der Waals surface area contributed by atoms with Crippen molar-refractivity contribution < 1.29 is 17.9 Å². The van der Waals surface area contributed by atoms with Gasteiger partial charge in [0.25, 0.3) is 5.91 Å². The zero-order valence-corrected chi connectivity index (χ0v) is 15.6. The van der Waals surface area contributed by atoms with Gasteiger partial charge in [0.2, 0.25) is 10.0 Å². The molecule has 1 saturated carbocycles. The van der Waals surface area contributed by atoms with Gasteiger partial charge in [0.05, 0.1) is 7.11 Å². The van der Waals surface area contributed by atoms with Crippen LogP contribution in [0.2, 0.25) is 0 Å². The Morgan fingerprint density at radius 1 is 1.40 bits per heavy atom. The van der Waals surface area contributed by atoms with E-state index in [4.69, 9.17) is 10.5 Å². The number of methoxy groups -OCH3 is 1. The molecule has 0 saturated heterocycles. The summed E-state index contributed by atoms with van der Waals surface area (Å²) in [5, 5.41) is 2.87. The summed E-state index contributed by atoms with van der Waals surface area (Å²) in [5.41, 5.74) is 5.98. The largest absolute Gasteiger partial charge is 0.495 e. The zero-order valence-electron chi connectivity index (χ0n) is 14.7. The van der Waals surface area contributed by atoms with E-state index in [-0.39, 0.29) is 34.2 Å². The number of hydrogen-bond acceptors (Lipinski definition) is 5. The number of carbonyl (C=O) groups is 1. The van der Waals surface area contributed by atoms with Crippen molar-refractivity contribution >= 4 is 15.9 Å². The second-order valence-electron chi connectivity index (χ2n) is 6.31. The average Bonchev–Trinajstić information content (AvgIpc) is 3.41. The van der Waals surface area contributed by atoms with Crippen LogP contribution in [-0.2, 0) is 10.0 Å². The summed E-state index contributed by atoms with van der Waals surface area (Å²) in [6.45, 7) is 2.42. The van der Waals surface area contributed by atoms with Crippen LogP contribution in [0, 0.1) is 0 Å². The molecule has 1 amide bonds. The Hall–Kier alpha value is -1.64. The highest BCUT2D eigenvalue weighted by atomic mass is 32.2. The Morgan fingerprint density at radius 3 is 2.68 bits per heavy atom. The Morgan fingerprint density at radius 2 is 2.12 bits per heavy atom. The van der Waals surface area contributed by atoms with Crippen LogP contribution in [0.4, 0.5) is 0 Å². The van der Waals surface area contributed by atoms with Crippen molar-refractivity contribution in [1.29, 1.82) is 0 Å². The molecule has 4 N–H and O–H groups in total. The van der Waals surface area contributed by atoms with Gasteiger partial charge in [-0.1, -0.05) is 19.8 Å². The molecule has 1 aromatic carbocycles. The van der Waals surface area contributed by atoms with Crippen LogP contribution < -0.4 is 20.5 Å². The van der Waals surface area contributed by atoms with Gasteiger partial charge >= 0.3 is 0 Å². The Bertz CT molecular complexity index is 702. The van der Waals surface area contributed by atoms with E-state index in [0.717, 1.165) is 32.1 Å². The quantitative estimate of drug-likeness (QED) is 0.577. The van der Waals surface area contributed by atoms with Crippen molar-refractivity contribution in [2.24, 2.45) is 5.73 Å². The molecule has 0 aliphatic heterocycles. The van der Waals surface area contributed by atoms with E-state index in [1.165, 1.54) is 19.2 Å². The molecule has 1 unspecified atom stereocenters. The molecule has 0 radical (unpaired) electrons. The number of carbonyl (C=O) groups excluding carboxylic acids is 1. The van der Waals surface area contributed by atoms with E-state index >= 15 is 0 Å². The number of hydrogen-bond donors (Lipinski definition) is 3. The summed E-state index contributed by atoms with van der Waals surface area (Å²) in [5.74, 6) is -0.122. The highest BCUT2D eigenvalue weighted by Gasteiger charge is 2.30. The molecule has 1 fully saturated rings. The molecule has 140 valence electrons. The molecular weight excluding hydrogens is 342 g/mol. The number of ether oxygens (including phenoxy) is 1. The maximum atomic E-state index is 12.5. The monoisotopic (exact) mass is 369 g/mol. The first kappa shape index (κ1) is 19.7. The van der Waals surface area contributed by atoms with Gasteiger partial charge in [-0.25, -0.2) is 13.1 Å². The summed E-state index contributed by atoms with van der Waals surface area (Å²) in [6, 6.07) is 4.26. The van der Waals surface area contributed by atoms with Gasteiger partial charge in [0, 0.05) is 24.2 Å². The van der Waals surface area contributed by atoms with Gasteiger partial charge in [0.15, 0.2) is 0 Å². The number of sulfonamides is 1. The second-order valence-corrected chi connectivity index (χ2v) is 7.99. The lowest BCUT2D eigenvalue weighted by Crippen LogP contribution is -2.40. The van der Waals surface area contributed by atoms with Crippen molar-refractivity contribution in [3.8, 4) is 5.75 Å². The van der Waals surface area contributed by atoms with Crippen LogP contribution in [0.5, 0.6) is 5.75 Å². The van der Waals surface area contributed by atoms with Crippen molar-refractivity contribution in [1.82, 2.24) is 10.0 Å². The Kier molecular flexibility index (Phi) is 6.80. The standard InChI is InChI=1S/C17H27N3O4S/c1-3-4-5-14(11-18)19-17(21)12-6-9-15(24-2)16(10-12)25(22,23)20-13-7-8-13/h6,9-10,13-14,20H,3-5,7-8,11,18H2,1-2H3,(H,19,21). The van der Waals surface area contributed by atoms with Gasteiger partial charge < -0.3 is 15.8 Å². The lowest BCUT2D eigenvalue weighted by molar-refractivity contribution is 0.0935. The summed E-state index contributed by atoms with van der Waals surface area (Å²) >= 11 is 0. The topological polar surface area (TPSA) is 111 Å². The van der Waals surface area contributed by atoms with Crippen LogP contribution in [0.15, 0.2) is 23.1 Å². The minimum Gasteiger partial charge on any atom is -0.495 e. The first-order valence-electron chi connectivity index (χ1n) is 8.62. The Balaban J connectivity index is 2.20. The van der Waals surface area contributed by atoms with E-state index in [0.29, 0.717) is 6.54 Å². The Labute approximate surface area is 149 Å². The first-order valence-corrected chi connectivity index (χ1v) is 10.1. The van der Waals surface area contributed by atoms with E-state index in [2.05, 4.69) is 17.0 Å². The van der Waals surface area contributed by atoms with Crippen LogP contribution in [0.3, 0.4) is 0 Å². The first-order chi connectivity index (χ1) is 11.9. The number of benzene rings is 1. The molecule has 1 atom stereocenters. The lowest BCUT2D eigenvalue weighted by atomic mass is 10.1. The second kappa shape index (κ2) is 8.64. The van der Waals surface area contributed by atoms with Crippen LogP contribution in [0.25, 0.3) is 0 Å². The smallest absolute Gasteiger partial charge is 0.251 e. The SMILES string of the molecule is CCCCC(CN)NC(=O)c1ccc(OC)c(S(=O)(=O)NC2CC2)c1. The number of unbranched alkanes of at least 4 members (excludes halogenated alkanes) is 1. The molecule has 1 aliphatic carbocycles. The van der Waals surface area contributed by atoms with Crippen LogP contribution >= 0.6 is 0 Å². The van der Waals surface area contributed by atoms with Crippen molar-refractivity contribution in [2.75, 3.05) is 13.7 Å². The van der Waals surface area contributed by atoms with Crippen LogP contribution in [-0.4, -0.2) is 40.1 Å². The fourth-order valence-electron chi connectivity index (χ4n) is 2.48. The minimum absolute atomic E-state index is 0.0209. The normalized spacial score (nSPS) is 15.6. The third-order valence-electron chi connectivity index (χ3n) is 4.14. The van der Waals surface area contributed by atoms with Crippen molar-refractivity contribution in [3.05, 3.63) is 23.8 Å². The zero-order chi connectivity index (χ0) is 18.4. The van der Waals surface area contributed by atoms with Gasteiger partial charge in [-0.3, -0.25) is 4.79 Å². The minimum atomic E-state index is -3.72. The highest BCUT2D eigenvalue weighted by Crippen LogP contribution is 2.28. The molecule has 0 heterocycles. The molecule has 0 spiro atoms. The van der Waals surface area contributed by atoms with E-state index in [1.54, 1.807) is 6.07 Å². The third-order valence-corrected chi connectivity index (χ3v) is 5.68. The molecule has 7 nitrogen and oxygen atoms in total. The maximum Gasteiger partial charge on any atom is 0.251 e. The third kappa shape index (κ3) is 5.42. The summed E-state index contributed by atoms with van der Waals surface area (Å²) in [6.07, 6.45) is 4.44. The molecule has 1 aromatic rings. The predicted molar refractivity (Wildman–Crippen MR) is 96.2 cm³/mol. The summed E-state index contributed by atoms with van der Waals surface area (Å²) < 4.78 is 32.8. The van der Waals surface area contributed by atoms with Gasteiger partial charge in [-0.05, 0) is 37.5 Å². The van der Waals surface area contributed by atoms with Crippen molar-refractivity contribution in [2.45, 2.75) is 56.0 Å². The maximum absolute atomic E-state index is 12.5. The molecule has 0 aromatic heterocycles. The van der Waals surface area contributed by atoms with E-state index < -0.39 is 10.0 Å². The van der Waals surface area contributed by atoms with E-state index in [9.17, 15) is 13.2 Å². The molecule has 1 aliphatic rings. The van der Waals surface area contributed by atoms with Crippen LogP contribution in [0.1, 0.15) is 49.4 Å². The molecular formula is C17H27N3O4S. The average molecular weight is 369 g/mol. The lowest BCUT2D eigenvalue weighted by Gasteiger charge is -2.17. The fraction of sp³-hybridized carbons (Fsp3) is 0.588. The molecule has 8 heteroatoms. The summed E-state index contributed by atoms with van der Waals surface area (Å²) in [7, 11) is -2.32. The number of rotatable bonds is 10. The number of nitrogens with two attached hydrogens (primary N) is 1. The predicted octanol–water partition coefficient (Wildman–Crippen LogP) is 1.38. The number of nitrogens with one attached hydrogen (secondary N) is 2. The fourth-order valence-corrected chi connectivity index (χ4v) is 3.98. The van der Waals surface area contributed by atoms with Gasteiger partial charge in [0.1, 0.15) is 10.6 Å². The van der Waals surface area contributed by atoms with E-state index in [1.807, 2.05) is 0 Å². The number of amides is 1.